The van der Waals surface area contributed by atoms with Crippen LogP contribution in [0.2, 0.25) is 5.02 Å². The summed E-state index contributed by atoms with van der Waals surface area (Å²) in [5, 5.41) is 0.475. The molecule has 1 fully saturated rings. The maximum atomic E-state index is 13.1. The zero-order valence-corrected chi connectivity index (χ0v) is 8.65. The van der Waals surface area contributed by atoms with E-state index in [0.29, 0.717) is 11.6 Å². The van der Waals surface area contributed by atoms with E-state index >= 15 is 0 Å². The van der Waals surface area contributed by atoms with Crippen LogP contribution in [0.15, 0.2) is 18.2 Å². The SMILES string of the molecule is NCCC1(c2cc(F)cc(Cl)c2)CC1. The summed E-state index contributed by atoms with van der Waals surface area (Å²) in [4.78, 5) is 0. The van der Waals surface area contributed by atoms with E-state index in [1.807, 2.05) is 6.07 Å². The minimum atomic E-state index is -0.254. The fourth-order valence-electron chi connectivity index (χ4n) is 1.97. The van der Waals surface area contributed by atoms with E-state index < -0.39 is 0 Å². The number of rotatable bonds is 3. The number of hydrogen-bond acceptors (Lipinski definition) is 1. The number of benzene rings is 1. The second-order valence-electron chi connectivity index (χ2n) is 3.98. The van der Waals surface area contributed by atoms with E-state index in [9.17, 15) is 4.39 Å². The van der Waals surface area contributed by atoms with Gasteiger partial charge in [-0.25, -0.2) is 4.39 Å². The van der Waals surface area contributed by atoms with E-state index in [0.717, 1.165) is 24.8 Å². The Bertz CT molecular complexity index is 327. The van der Waals surface area contributed by atoms with Gasteiger partial charge in [-0.15, -0.1) is 0 Å². The largest absolute Gasteiger partial charge is 0.330 e. The van der Waals surface area contributed by atoms with E-state index in [-0.39, 0.29) is 11.2 Å². The smallest absolute Gasteiger partial charge is 0.124 e. The number of hydrogen-bond donors (Lipinski definition) is 1. The van der Waals surface area contributed by atoms with Crippen molar-refractivity contribution in [2.45, 2.75) is 24.7 Å². The average Bonchev–Trinajstić information content (AvgIpc) is 2.84. The van der Waals surface area contributed by atoms with Gasteiger partial charge in [-0.1, -0.05) is 11.6 Å². The summed E-state index contributed by atoms with van der Waals surface area (Å²) in [7, 11) is 0. The Morgan fingerprint density at radius 2 is 2.07 bits per heavy atom. The van der Waals surface area contributed by atoms with Crippen molar-refractivity contribution in [2.75, 3.05) is 6.54 Å². The molecule has 0 aromatic heterocycles. The highest BCUT2D eigenvalue weighted by molar-refractivity contribution is 6.30. The predicted molar refractivity (Wildman–Crippen MR) is 56.0 cm³/mol. The van der Waals surface area contributed by atoms with E-state index in [1.54, 1.807) is 6.07 Å². The van der Waals surface area contributed by atoms with Crippen LogP contribution >= 0.6 is 11.6 Å². The average molecular weight is 214 g/mol. The fraction of sp³-hybridized carbons (Fsp3) is 0.455. The Balaban J connectivity index is 2.32. The van der Waals surface area contributed by atoms with Crippen molar-refractivity contribution in [3.8, 4) is 0 Å². The molecule has 2 rings (SSSR count). The van der Waals surface area contributed by atoms with Gasteiger partial charge in [0.05, 0.1) is 0 Å². The lowest BCUT2D eigenvalue weighted by molar-refractivity contribution is 0.599. The van der Waals surface area contributed by atoms with Gasteiger partial charge >= 0.3 is 0 Å². The van der Waals surface area contributed by atoms with Crippen molar-refractivity contribution < 1.29 is 4.39 Å². The summed E-state index contributed by atoms with van der Waals surface area (Å²) >= 11 is 5.81. The number of nitrogens with two attached hydrogens (primary N) is 1. The van der Waals surface area contributed by atoms with Crippen LogP contribution in [0.5, 0.6) is 0 Å². The summed E-state index contributed by atoms with van der Waals surface area (Å²) in [6, 6.07) is 4.77. The van der Waals surface area contributed by atoms with Crippen LogP contribution in [0, 0.1) is 5.82 Å². The van der Waals surface area contributed by atoms with Gasteiger partial charge in [0, 0.05) is 5.02 Å². The van der Waals surface area contributed by atoms with Crippen molar-refractivity contribution in [3.05, 3.63) is 34.6 Å². The summed E-state index contributed by atoms with van der Waals surface area (Å²) in [6.45, 7) is 0.647. The monoisotopic (exact) mass is 213 g/mol. The number of halogens is 2. The van der Waals surface area contributed by atoms with E-state index in [1.165, 1.54) is 6.07 Å². The molecule has 1 aliphatic rings. The molecule has 0 atom stereocenters. The molecule has 0 spiro atoms. The van der Waals surface area contributed by atoms with Gasteiger partial charge in [-0.2, -0.15) is 0 Å². The lowest BCUT2D eigenvalue weighted by Crippen LogP contribution is -2.13. The molecule has 3 heteroatoms. The van der Waals surface area contributed by atoms with Gasteiger partial charge < -0.3 is 5.73 Å². The van der Waals surface area contributed by atoms with E-state index in [4.69, 9.17) is 17.3 Å². The van der Waals surface area contributed by atoms with E-state index in [2.05, 4.69) is 0 Å². The van der Waals surface area contributed by atoms with Crippen LogP contribution < -0.4 is 5.73 Å². The second kappa shape index (κ2) is 3.52. The topological polar surface area (TPSA) is 26.0 Å². The van der Waals surface area contributed by atoms with Gasteiger partial charge in [0.25, 0.3) is 0 Å². The summed E-state index contributed by atoms with van der Waals surface area (Å²) < 4.78 is 13.1. The molecule has 1 aromatic carbocycles. The Kier molecular flexibility index (Phi) is 2.50. The molecule has 76 valence electrons. The minimum absolute atomic E-state index is 0.125. The molecule has 1 nitrogen and oxygen atoms in total. The maximum absolute atomic E-state index is 13.1. The van der Waals surface area contributed by atoms with Gasteiger partial charge in [0.2, 0.25) is 0 Å². The van der Waals surface area contributed by atoms with Crippen LogP contribution in [-0.2, 0) is 5.41 Å². The Hall–Kier alpha value is -0.600. The molecule has 0 radical (unpaired) electrons. The van der Waals surface area contributed by atoms with Crippen molar-refractivity contribution in [1.29, 1.82) is 0 Å². The Labute approximate surface area is 88.1 Å². The Morgan fingerprint density at radius 3 is 2.57 bits per heavy atom. The van der Waals surface area contributed by atoms with Crippen LogP contribution in [0.25, 0.3) is 0 Å². The first-order valence-electron chi connectivity index (χ1n) is 4.83. The fourth-order valence-corrected chi connectivity index (χ4v) is 2.19. The molecule has 0 aliphatic heterocycles. The van der Waals surface area contributed by atoms with Crippen molar-refractivity contribution in [1.82, 2.24) is 0 Å². The zero-order valence-electron chi connectivity index (χ0n) is 7.89. The van der Waals surface area contributed by atoms with Crippen molar-refractivity contribution >= 4 is 11.6 Å². The first-order valence-corrected chi connectivity index (χ1v) is 5.21. The van der Waals surface area contributed by atoms with Crippen LogP contribution in [0.4, 0.5) is 4.39 Å². The van der Waals surface area contributed by atoms with Gasteiger partial charge in [-0.3, -0.25) is 0 Å². The van der Waals surface area contributed by atoms with Crippen molar-refractivity contribution in [2.24, 2.45) is 5.73 Å². The molecule has 0 bridgehead atoms. The molecule has 0 saturated heterocycles. The Morgan fingerprint density at radius 1 is 1.36 bits per heavy atom. The standard InChI is InChI=1S/C11H13ClFN/c12-9-5-8(6-10(13)7-9)11(1-2-11)3-4-14/h5-7H,1-4,14H2. The highest BCUT2D eigenvalue weighted by atomic mass is 35.5. The third kappa shape index (κ3) is 1.77. The van der Waals surface area contributed by atoms with Gasteiger partial charge in [-0.05, 0) is 55.0 Å². The summed E-state index contributed by atoms with van der Waals surface area (Å²) in [6.07, 6.45) is 3.13. The highest BCUT2D eigenvalue weighted by Gasteiger charge is 2.43. The van der Waals surface area contributed by atoms with Crippen molar-refractivity contribution in [3.63, 3.8) is 0 Å². The molecular weight excluding hydrogens is 201 g/mol. The lowest BCUT2D eigenvalue weighted by atomic mass is 9.92. The van der Waals surface area contributed by atoms with Crippen LogP contribution in [-0.4, -0.2) is 6.54 Å². The highest BCUT2D eigenvalue weighted by Crippen LogP contribution is 2.51. The second-order valence-corrected chi connectivity index (χ2v) is 4.41. The van der Waals surface area contributed by atoms with Crippen LogP contribution in [0.3, 0.4) is 0 Å². The normalized spacial score (nSPS) is 18.2. The third-order valence-corrected chi connectivity index (χ3v) is 3.17. The molecule has 14 heavy (non-hydrogen) atoms. The molecule has 1 aromatic rings. The van der Waals surface area contributed by atoms with Gasteiger partial charge in [0.1, 0.15) is 5.82 Å². The third-order valence-electron chi connectivity index (χ3n) is 2.95. The minimum Gasteiger partial charge on any atom is -0.330 e. The molecular formula is C11H13ClFN. The molecule has 0 heterocycles. The van der Waals surface area contributed by atoms with Crippen LogP contribution in [0.1, 0.15) is 24.8 Å². The summed E-state index contributed by atoms with van der Waals surface area (Å²) in [5.41, 5.74) is 6.67. The quantitative estimate of drug-likeness (QED) is 0.821. The molecule has 1 saturated carbocycles. The lowest BCUT2D eigenvalue weighted by Gasteiger charge is -2.14. The zero-order chi connectivity index (χ0) is 10.2. The van der Waals surface area contributed by atoms with Gasteiger partial charge in [0.15, 0.2) is 0 Å². The summed E-state index contributed by atoms with van der Waals surface area (Å²) in [5.74, 6) is -0.254. The maximum Gasteiger partial charge on any atom is 0.124 e. The predicted octanol–water partition coefficient (Wildman–Crippen LogP) is 2.86. The molecule has 0 unspecified atom stereocenters. The first kappa shape index (κ1) is 9.94. The molecule has 2 N–H and O–H groups in total. The molecule has 1 aliphatic carbocycles. The molecule has 0 amide bonds. The first-order chi connectivity index (χ1) is 6.66.